The van der Waals surface area contributed by atoms with Crippen LogP contribution in [0.25, 0.3) is 10.9 Å². The lowest BCUT2D eigenvalue weighted by molar-refractivity contribution is 0.148. The summed E-state index contributed by atoms with van der Waals surface area (Å²) >= 11 is 0. The van der Waals surface area contributed by atoms with Crippen molar-refractivity contribution in [3.05, 3.63) is 41.9 Å². The summed E-state index contributed by atoms with van der Waals surface area (Å²) in [7, 11) is 2.17. The number of piperazine rings is 1. The van der Waals surface area contributed by atoms with Crippen molar-refractivity contribution in [3.63, 3.8) is 0 Å². The first kappa shape index (κ1) is 23.8. The summed E-state index contributed by atoms with van der Waals surface area (Å²) in [5.74, 6) is 3.18. The van der Waals surface area contributed by atoms with Crippen LogP contribution >= 0.6 is 0 Å². The van der Waals surface area contributed by atoms with Crippen molar-refractivity contribution in [2.45, 2.75) is 33.4 Å². The number of pyridine rings is 2. The molecule has 2 saturated heterocycles. The second-order valence-corrected chi connectivity index (χ2v) is 10.3. The number of aliphatic hydroxyl groups excluding tert-OH is 1. The maximum absolute atomic E-state index is 10.2. The molecule has 3 aromatic heterocycles. The van der Waals surface area contributed by atoms with E-state index in [0.717, 1.165) is 62.5 Å². The van der Waals surface area contributed by atoms with Gasteiger partial charge in [0.05, 0.1) is 11.8 Å². The Kier molecular flexibility index (Phi) is 6.82. The van der Waals surface area contributed by atoms with Crippen molar-refractivity contribution in [2.75, 3.05) is 56.5 Å². The van der Waals surface area contributed by atoms with Gasteiger partial charge in [-0.05, 0) is 43.5 Å². The number of fused-ring (bicyclic) bond motifs is 1. The Labute approximate surface area is 207 Å². The first-order valence-corrected chi connectivity index (χ1v) is 12.6. The van der Waals surface area contributed by atoms with E-state index in [1.165, 1.54) is 5.56 Å². The van der Waals surface area contributed by atoms with Crippen molar-refractivity contribution in [1.82, 2.24) is 29.7 Å². The van der Waals surface area contributed by atoms with Crippen molar-refractivity contribution in [2.24, 2.45) is 11.8 Å². The second kappa shape index (κ2) is 10.0. The lowest BCUT2D eigenvalue weighted by Gasteiger charge is -2.32. The zero-order chi connectivity index (χ0) is 24.5. The second-order valence-electron chi connectivity index (χ2n) is 10.3. The first-order valence-electron chi connectivity index (χ1n) is 12.6. The number of rotatable bonds is 6. The maximum Gasteiger partial charge on any atom is 0.229 e. The third kappa shape index (κ3) is 5.37. The van der Waals surface area contributed by atoms with Crippen LogP contribution in [-0.2, 0) is 6.54 Å². The van der Waals surface area contributed by atoms with Crippen LogP contribution in [0, 0.1) is 11.8 Å². The maximum atomic E-state index is 10.2. The Morgan fingerprint density at radius 1 is 1.03 bits per heavy atom. The molecule has 0 radical (unpaired) electrons. The number of nitrogens with one attached hydrogen (secondary N) is 1. The molecular weight excluding hydrogens is 440 g/mol. The van der Waals surface area contributed by atoms with Gasteiger partial charge in [-0.2, -0.15) is 0 Å². The monoisotopic (exact) mass is 476 g/mol. The Hall–Kier alpha value is -2.88. The SMILES string of the molecule is CC(O)c1cc2cnc(Nc3ccc(CN4CCN(C)CC4)cn3)nc2c(N2CC(C)C(C)C2)n1. The average molecular weight is 477 g/mol. The number of hydrogen-bond donors (Lipinski definition) is 2. The highest BCUT2D eigenvalue weighted by Gasteiger charge is 2.29. The third-order valence-electron chi connectivity index (χ3n) is 7.35. The zero-order valence-corrected chi connectivity index (χ0v) is 21.1. The van der Waals surface area contributed by atoms with E-state index >= 15 is 0 Å². The van der Waals surface area contributed by atoms with Crippen LogP contribution in [-0.4, -0.2) is 81.2 Å². The molecule has 0 spiro atoms. The lowest BCUT2D eigenvalue weighted by atomic mass is 10.0. The van der Waals surface area contributed by atoms with E-state index in [1.807, 2.05) is 18.3 Å². The molecule has 2 fully saturated rings. The van der Waals surface area contributed by atoms with Crippen LogP contribution < -0.4 is 10.2 Å². The Balaban J connectivity index is 1.36. The lowest BCUT2D eigenvalue weighted by Crippen LogP contribution is -2.43. The summed E-state index contributed by atoms with van der Waals surface area (Å²) in [5, 5.41) is 14.3. The largest absolute Gasteiger partial charge is 0.387 e. The normalized spacial score (nSPS) is 22.6. The Bertz CT molecular complexity index is 1150. The molecule has 3 aromatic rings. The summed E-state index contributed by atoms with van der Waals surface area (Å²) in [6, 6.07) is 5.98. The quantitative estimate of drug-likeness (QED) is 0.557. The van der Waals surface area contributed by atoms with E-state index in [2.05, 4.69) is 56.9 Å². The van der Waals surface area contributed by atoms with Crippen molar-refractivity contribution in [3.8, 4) is 0 Å². The number of nitrogens with zero attached hydrogens (tertiary/aromatic N) is 7. The number of aromatic nitrogens is 4. The molecule has 5 heterocycles. The van der Waals surface area contributed by atoms with Gasteiger partial charge in [0.1, 0.15) is 11.3 Å². The highest BCUT2D eigenvalue weighted by atomic mass is 16.3. The molecule has 186 valence electrons. The van der Waals surface area contributed by atoms with E-state index in [4.69, 9.17) is 9.97 Å². The Morgan fingerprint density at radius 2 is 1.77 bits per heavy atom. The number of aliphatic hydroxyl groups is 1. The van der Waals surface area contributed by atoms with E-state index in [-0.39, 0.29) is 0 Å². The standard InChI is InChI=1S/C26H36N8O/c1-17-14-34(15-18(17)2)25-24-21(11-22(29-25)19(3)35)13-28-26(31-24)30-23-6-5-20(12-27-23)16-33-9-7-32(4)8-10-33/h5-6,11-13,17-19,35H,7-10,14-16H2,1-4H3,(H,27,28,30,31). The summed E-state index contributed by atoms with van der Waals surface area (Å²) in [5.41, 5.74) is 2.63. The molecule has 0 aliphatic carbocycles. The molecule has 0 bridgehead atoms. The van der Waals surface area contributed by atoms with Gasteiger partial charge in [0.15, 0.2) is 5.82 Å². The summed E-state index contributed by atoms with van der Waals surface area (Å²) in [4.78, 5) is 25.9. The molecule has 0 amide bonds. The fourth-order valence-electron chi connectivity index (χ4n) is 4.81. The molecule has 2 N–H and O–H groups in total. The Morgan fingerprint density at radius 3 is 2.43 bits per heavy atom. The van der Waals surface area contributed by atoms with Crippen molar-refractivity contribution in [1.29, 1.82) is 0 Å². The van der Waals surface area contributed by atoms with Crippen molar-refractivity contribution < 1.29 is 5.11 Å². The zero-order valence-electron chi connectivity index (χ0n) is 21.1. The fraction of sp³-hybridized carbons (Fsp3) is 0.538. The van der Waals surface area contributed by atoms with Gasteiger partial charge in [-0.25, -0.2) is 19.9 Å². The van der Waals surface area contributed by atoms with Crippen LogP contribution in [0.5, 0.6) is 0 Å². The van der Waals surface area contributed by atoms with Gasteiger partial charge in [-0.1, -0.05) is 19.9 Å². The smallest absolute Gasteiger partial charge is 0.229 e. The molecular formula is C26H36N8O. The molecule has 0 saturated carbocycles. The van der Waals surface area contributed by atoms with E-state index < -0.39 is 6.10 Å². The van der Waals surface area contributed by atoms with Crippen LogP contribution in [0.15, 0.2) is 30.6 Å². The minimum Gasteiger partial charge on any atom is -0.387 e. The summed E-state index contributed by atoms with van der Waals surface area (Å²) < 4.78 is 0. The van der Waals surface area contributed by atoms with Crippen LogP contribution in [0.1, 0.15) is 38.1 Å². The molecule has 2 aliphatic heterocycles. The van der Waals surface area contributed by atoms with E-state index in [0.29, 0.717) is 29.3 Å². The molecule has 5 rings (SSSR count). The molecule has 9 nitrogen and oxygen atoms in total. The van der Waals surface area contributed by atoms with Gasteiger partial charge in [0.25, 0.3) is 0 Å². The van der Waals surface area contributed by atoms with E-state index in [9.17, 15) is 5.11 Å². The molecule has 35 heavy (non-hydrogen) atoms. The molecule has 3 unspecified atom stereocenters. The van der Waals surface area contributed by atoms with Gasteiger partial charge in [0.2, 0.25) is 5.95 Å². The number of likely N-dealkylation sites (N-methyl/N-ethyl adjacent to an activating group) is 1. The predicted octanol–water partition coefficient (Wildman–Crippen LogP) is 3.06. The first-order chi connectivity index (χ1) is 16.9. The van der Waals surface area contributed by atoms with Gasteiger partial charge >= 0.3 is 0 Å². The van der Waals surface area contributed by atoms with Crippen LogP contribution in [0.2, 0.25) is 0 Å². The minimum atomic E-state index is -0.651. The molecule has 2 aliphatic rings. The van der Waals surface area contributed by atoms with Gasteiger partial charge < -0.3 is 20.2 Å². The van der Waals surface area contributed by atoms with Gasteiger partial charge in [-0.15, -0.1) is 0 Å². The van der Waals surface area contributed by atoms with Crippen LogP contribution in [0.4, 0.5) is 17.6 Å². The highest BCUT2D eigenvalue weighted by molar-refractivity contribution is 5.89. The van der Waals surface area contributed by atoms with E-state index in [1.54, 1.807) is 13.1 Å². The number of anilines is 3. The topological polar surface area (TPSA) is 93.5 Å². The highest BCUT2D eigenvalue weighted by Crippen LogP contribution is 2.32. The fourth-order valence-corrected chi connectivity index (χ4v) is 4.81. The van der Waals surface area contributed by atoms with Crippen LogP contribution in [0.3, 0.4) is 0 Å². The minimum absolute atomic E-state index is 0.491. The van der Waals surface area contributed by atoms with Crippen molar-refractivity contribution >= 4 is 28.5 Å². The van der Waals surface area contributed by atoms with Gasteiger partial charge in [0, 0.05) is 63.6 Å². The predicted molar refractivity (Wildman–Crippen MR) is 139 cm³/mol. The van der Waals surface area contributed by atoms with Gasteiger partial charge in [-0.3, -0.25) is 4.90 Å². The average Bonchev–Trinajstić information content (AvgIpc) is 3.19. The molecule has 9 heteroatoms. The third-order valence-corrected chi connectivity index (χ3v) is 7.35. The molecule has 0 aromatic carbocycles. The summed E-state index contributed by atoms with van der Waals surface area (Å²) in [6.07, 6.45) is 3.07. The summed E-state index contributed by atoms with van der Waals surface area (Å²) in [6.45, 7) is 13.4. The number of hydrogen-bond acceptors (Lipinski definition) is 9. The molecule has 3 atom stereocenters.